The third-order valence-electron chi connectivity index (χ3n) is 5.03. The van der Waals surface area contributed by atoms with Gasteiger partial charge >= 0.3 is 6.03 Å². The number of nitrogens with one attached hydrogen (secondary N) is 2. The molecule has 1 aliphatic heterocycles. The molecule has 0 aliphatic carbocycles. The Morgan fingerprint density at radius 2 is 1.66 bits per heavy atom. The summed E-state index contributed by atoms with van der Waals surface area (Å²) in [5, 5.41) is 5.24. The maximum Gasteiger partial charge on any atom is 0.325 e. The summed E-state index contributed by atoms with van der Waals surface area (Å²) in [6.07, 6.45) is 0. The van der Waals surface area contributed by atoms with Crippen LogP contribution in [0.5, 0.6) is 0 Å². The number of rotatable bonds is 4. The molecule has 0 saturated carbocycles. The summed E-state index contributed by atoms with van der Waals surface area (Å²) in [6, 6.07) is 12.1. The summed E-state index contributed by atoms with van der Waals surface area (Å²) < 4.78 is 13.0. The van der Waals surface area contributed by atoms with Crippen LogP contribution < -0.4 is 10.6 Å². The minimum absolute atomic E-state index is 0.0349. The third kappa shape index (κ3) is 4.13. The van der Waals surface area contributed by atoms with Gasteiger partial charge in [-0.05, 0) is 47.7 Å². The number of amides is 4. The van der Waals surface area contributed by atoms with Crippen LogP contribution in [0.4, 0.5) is 14.9 Å². The van der Waals surface area contributed by atoms with Crippen molar-refractivity contribution in [3.8, 4) is 0 Å². The van der Waals surface area contributed by atoms with Crippen LogP contribution in [0.2, 0.25) is 0 Å². The average molecular weight is 397 g/mol. The Morgan fingerprint density at radius 3 is 2.21 bits per heavy atom. The Hall–Kier alpha value is -3.22. The molecular weight excluding hydrogens is 373 g/mol. The van der Waals surface area contributed by atoms with Crippen LogP contribution in [-0.2, 0) is 20.5 Å². The molecule has 0 bridgehead atoms. The molecule has 6 nitrogen and oxygen atoms in total. The quantitative estimate of drug-likeness (QED) is 0.775. The predicted molar refractivity (Wildman–Crippen MR) is 108 cm³/mol. The topological polar surface area (TPSA) is 78.5 Å². The first kappa shape index (κ1) is 20.5. The number of hydrogen-bond donors (Lipinski definition) is 2. The van der Waals surface area contributed by atoms with E-state index >= 15 is 0 Å². The molecule has 0 aromatic heterocycles. The van der Waals surface area contributed by atoms with E-state index in [0.29, 0.717) is 11.3 Å². The maximum absolute atomic E-state index is 13.0. The van der Waals surface area contributed by atoms with Gasteiger partial charge in [-0.2, -0.15) is 0 Å². The Labute approximate surface area is 169 Å². The second-order valence-electron chi connectivity index (χ2n) is 8.33. The largest absolute Gasteiger partial charge is 0.325 e. The molecule has 2 aromatic rings. The fraction of sp³-hybridized carbons (Fsp3) is 0.318. The SMILES string of the molecule is CC(C)(C)c1ccc(C2(C)NC(=O)N(CC(=O)Nc3ccc(F)cc3)C2=O)cc1. The molecule has 3 rings (SSSR count). The van der Waals surface area contributed by atoms with E-state index in [1.54, 1.807) is 6.92 Å². The van der Waals surface area contributed by atoms with E-state index in [1.165, 1.54) is 24.3 Å². The van der Waals surface area contributed by atoms with Gasteiger partial charge in [0.15, 0.2) is 0 Å². The molecule has 0 radical (unpaired) electrons. The molecule has 1 fully saturated rings. The van der Waals surface area contributed by atoms with Crippen molar-refractivity contribution < 1.29 is 18.8 Å². The molecule has 1 unspecified atom stereocenters. The number of anilines is 1. The molecule has 7 heteroatoms. The van der Waals surface area contributed by atoms with Gasteiger partial charge in [-0.3, -0.25) is 14.5 Å². The van der Waals surface area contributed by atoms with E-state index in [0.717, 1.165) is 10.5 Å². The highest BCUT2D eigenvalue weighted by atomic mass is 19.1. The second kappa shape index (κ2) is 7.31. The number of halogens is 1. The molecule has 1 atom stereocenters. The maximum atomic E-state index is 13.0. The first-order valence-corrected chi connectivity index (χ1v) is 9.31. The highest BCUT2D eigenvalue weighted by Crippen LogP contribution is 2.31. The van der Waals surface area contributed by atoms with Gasteiger partial charge in [-0.1, -0.05) is 45.0 Å². The lowest BCUT2D eigenvalue weighted by atomic mass is 9.84. The molecule has 29 heavy (non-hydrogen) atoms. The van der Waals surface area contributed by atoms with Gasteiger partial charge in [0.2, 0.25) is 5.91 Å². The summed E-state index contributed by atoms with van der Waals surface area (Å²) in [5.74, 6) is -1.47. The van der Waals surface area contributed by atoms with Crippen LogP contribution in [0.25, 0.3) is 0 Å². The molecule has 4 amide bonds. The highest BCUT2D eigenvalue weighted by molar-refractivity contribution is 6.10. The number of imide groups is 1. The van der Waals surface area contributed by atoms with Crippen molar-refractivity contribution in [3.63, 3.8) is 0 Å². The van der Waals surface area contributed by atoms with Crippen LogP contribution >= 0.6 is 0 Å². The van der Waals surface area contributed by atoms with E-state index in [1.807, 2.05) is 24.3 Å². The first-order valence-electron chi connectivity index (χ1n) is 9.31. The Balaban J connectivity index is 1.74. The average Bonchev–Trinajstić information content (AvgIpc) is 2.87. The number of carbonyl (C=O) groups is 3. The van der Waals surface area contributed by atoms with Crippen LogP contribution in [-0.4, -0.2) is 29.3 Å². The van der Waals surface area contributed by atoms with Crippen molar-refractivity contribution in [1.82, 2.24) is 10.2 Å². The lowest BCUT2D eigenvalue weighted by molar-refractivity contribution is -0.133. The van der Waals surface area contributed by atoms with Crippen LogP contribution in [0.1, 0.15) is 38.8 Å². The van der Waals surface area contributed by atoms with Crippen molar-refractivity contribution in [2.75, 3.05) is 11.9 Å². The number of benzene rings is 2. The predicted octanol–water partition coefficient (Wildman–Crippen LogP) is 3.53. The summed E-state index contributed by atoms with van der Waals surface area (Å²) in [5.41, 5.74) is 0.850. The number of carbonyl (C=O) groups excluding carboxylic acids is 3. The molecule has 1 aliphatic rings. The fourth-order valence-corrected chi connectivity index (χ4v) is 3.22. The second-order valence-corrected chi connectivity index (χ2v) is 8.33. The number of urea groups is 1. The molecule has 1 saturated heterocycles. The molecule has 2 N–H and O–H groups in total. The molecule has 0 spiro atoms. The zero-order valence-corrected chi connectivity index (χ0v) is 16.9. The molecule has 2 aromatic carbocycles. The van der Waals surface area contributed by atoms with Gasteiger partial charge in [0.25, 0.3) is 5.91 Å². The van der Waals surface area contributed by atoms with Crippen molar-refractivity contribution in [3.05, 3.63) is 65.5 Å². The van der Waals surface area contributed by atoms with Crippen LogP contribution in [0, 0.1) is 5.82 Å². The normalized spacial score (nSPS) is 19.3. The van der Waals surface area contributed by atoms with Crippen molar-refractivity contribution in [1.29, 1.82) is 0 Å². The Kier molecular flexibility index (Phi) is 5.17. The van der Waals surface area contributed by atoms with Gasteiger partial charge in [0, 0.05) is 5.69 Å². The van der Waals surface area contributed by atoms with E-state index < -0.39 is 35.7 Å². The number of nitrogens with zero attached hydrogens (tertiary/aromatic N) is 1. The zero-order valence-electron chi connectivity index (χ0n) is 16.9. The van der Waals surface area contributed by atoms with Crippen molar-refractivity contribution in [2.45, 2.75) is 38.6 Å². The van der Waals surface area contributed by atoms with E-state index in [2.05, 4.69) is 31.4 Å². The summed E-state index contributed by atoms with van der Waals surface area (Å²) in [7, 11) is 0. The summed E-state index contributed by atoms with van der Waals surface area (Å²) >= 11 is 0. The van der Waals surface area contributed by atoms with Crippen LogP contribution in [0.3, 0.4) is 0 Å². The van der Waals surface area contributed by atoms with Gasteiger partial charge in [0.1, 0.15) is 17.9 Å². The van der Waals surface area contributed by atoms with Crippen molar-refractivity contribution in [2.24, 2.45) is 0 Å². The minimum atomic E-state index is -1.25. The highest BCUT2D eigenvalue weighted by Gasteiger charge is 2.49. The first-order chi connectivity index (χ1) is 13.5. The lowest BCUT2D eigenvalue weighted by Crippen LogP contribution is -2.42. The minimum Gasteiger partial charge on any atom is -0.325 e. The fourth-order valence-electron chi connectivity index (χ4n) is 3.22. The Bertz CT molecular complexity index is 949. The monoisotopic (exact) mass is 397 g/mol. The van der Waals surface area contributed by atoms with E-state index in [4.69, 9.17) is 0 Å². The standard InChI is InChI=1S/C22H24FN3O3/c1-21(2,3)14-5-7-15(8-6-14)22(4)19(28)26(20(29)25-22)13-18(27)24-17-11-9-16(23)10-12-17/h5-12H,13H2,1-4H3,(H,24,27)(H,25,29). The number of hydrogen-bond acceptors (Lipinski definition) is 3. The van der Waals surface area contributed by atoms with E-state index in [9.17, 15) is 18.8 Å². The summed E-state index contributed by atoms with van der Waals surface area (Å²) in [6.45, 7) is 7.46. The molecule has 1 heterocycles. The summed E-state index contributed by atoms with van der Waals surface area (Å²) in [4.78, 5) is 38.5. The third-order valence-corrected chi connectivity index (χ3v) is 5.03. The molecular formula is C22H24FN3O3. The van der Waals surface area contributed by atoms with Crippen LogP contribution in [0.15, 0.2) is 48.5 Å². The van der Waals surface area contributed by atoms with Gasteiger partial charge in [-0.25, -0.2) is 9.18 Å². The van der Waals surface area contributed by atoms with Gasteiger partial charge < -0.3 is 10.6 Å². The molecule has 152 valence electrons. The van der Waals surface area contributed by atoms with E-state index in [-0.39, 0.29) is 5.41 Å². The van der Waals surface area contributed by atoms with Crippen molar-refractivity contribution >= 4 is 23.5 Å². The smallest absolute Gasteiger partial charge is 0.325 e. The van der Waals surface area contributed by atoms with Gasteiger partial charge in [-0.15, -0.1) is 0 Å². The zero-order chi connectivity index (χ0) is 21.4. The lowest BCUT2D eigenvalue weighted by Gasteiger charge is -2.24. The Morgan fingerprint density at radius 1 is 1.07 bits per heavy atom. The van der Waals surface area contributed by atoms with Gasteiger partial charge in [0.05, 0.1) is 0 Å².